The number of rotatable bonds is 6. The summed E-state index contributed by atoms with van der Waals surface area (Å²) in [5.74, 6) is -0.889. The van der Waals surface area contributed by atoms with E-state index in [1.807, 2.05) is 37.3 Å². The Hall–Kier alpha value is -2.04. The second-order valence-corrected chi connectivity index (χ2v) is 8.21. The van der Waals surface area contributed by atoms with E-state index in [1.54, 1.807) is 0 Å². The number of ether oxygens (including phenoxy) is 1. The fourth-order valence-corrected chi connectivity index (χ4v) is 4.30. The molecule has 1 fully saturated rings. The first-order valence-electron chi connectivity index (χ1n) is 11.3. The minimum absolute atomic E-state index is 0.162. The Labute approximate surface area is 175 Å². The van der Waals surface area contributed by atoms with Crippen LogP contribution in [0.5, 0.6) is 0 Å². The summed E-state index contributed by atoms with van der Waals surface area (Å²) < 4.78 is 5.57. The van der Waals surface area contributed by atoms with Crippen molar-refractivity contribution >= 4 is 12.1 Å². The topological polar surface area (TPSA) is 66.8 Å². The number of benzene rings is 1. The molecule has 0 saturated heterocycles. The van der Waals surface area contributed by atoms with Crippen LogP contribution in [0, 0.1) is 0 Å². The van der Waals surface area contributed by atoms with Crippen molar-refractivity contribution in [3.63, 3.8) is 0 Å². The predicted molar refractivity (Wildman–Crippen MR) is 115 cm³/mol. The average Bonchev–Trinajstić information content (AvgIpc) is 2.72. The van der Waals surface area contributed by atoms with E-state index in [9.17, 15) is 14.7 Å². The van der Waals surface area contributed by atoms with E-state index < -0.39 is 17.6 Å². The van der Waals surface area contributed by atoms with Crippen LogP contribution in [0.15, 0.2) is 30.3 Å². The van der Waals surface area contributed by atoms with E-state index in [2.05, 4.69) is 0 Å². The Balaban J connectivity index is 2.18. The zero-order valence-corrected chi connectivity index (χ0v) is 17.9. The van der Waals surface area contributed by atoms with Gasteiger partial charge in [-0.05, 0) is 24.8 Å². The van der Waals surface area contributed by atoms with Gasteiger partial charge < -0.3 is 9.84 Å². The smallest absolute Gasteiger partial charge is 0.411 e. The van der Waals surface area contributed by atoms with Crippen LogP contribution in [-0.2, 0) is 16.1 Å². The lowest BCUT2D eigenvalue weighted by atomic mass is 9.84. The predicted octanol–water partition coefficient (Wildman–Crippen LogP) is 6.16. The Morgan fingerprint density at radius 1 is 0.931 bits per heavy atom. The van der Waals surface area contributed by atoms with Gasteiger partial charge in [0.25, 0.3) is 0 Å². The van der Waals surface area contributed by atoms with Gasteiger partial charge in [-0.3, -0.25) is 4.90 Å². The van der Waals surface area contributed by atoms with Gasteiger partial charge >= 0.3 is 12.1 Å². The minimum atomic E-state index is -1.16. The van der Waals surface area contributed by atoms with Crippen molar-refractivity contribution in [3.8, 4) is 0 Å². The van der Waals surface area contributed by atoms with Crippen LogP contribution >= 0.6 is 0 Å². The molecule has 1 aliphatic rings. The second kappa shape index (κ2) is 12.5. The highest BCUT2D eigenvalue weighted by atomic mass is 16.6. The van der Waals surface area contributed by atoms with E-state index in [-0.39, 0.29) is 6.61 Å². The van der Waals surface area contributed by atoms with Gasteiger partial charge in [-0.25, -0.2) is 9.59 Å². The summed E-state index contributed by atoms with van der Waals surface area (Å²) >= 11 is 0. The molecule has 1 saturated carbocycles. The van der Waals surface area contributed by atoms with Crippen molar-refractivity contribution in [1.82, 2.24) is 4.90 Å². The number of hydrogen-bond donors (Lipinski definition) is 1. The second-order valence-electron chi connectivity index (χ2n) is 8.21. The van der Waals surface area contributed by atoms with Crippen LogP contribution in [0.1, 0.15) is 89.5 Å². The monoisotopic (exact) mass is 403 g/mol. The van der Waals surface area contributed by atoms with E-state index in [4.69, 9.17) is 4.74 Å². The molecule has 0 radical (unpaired) electrons. The van der Waals surface area contributed by atoms with E-state index in [0.717, 1.165) is 44.1 Å². The maximum atomic E-state index is 13.0. The molecule has 0 heterocycles. The molecule has 1 aromatic rings. The average molecular weight is 404 g/mol. The van der Waals surface area contributed by atoms with Gasteiger partial charge in [0.2, 0.25) is 0 Å². The number of carbonyl (C=O) groups excluding carboxylic acids is 1. The highest BCUT2D eigenvalue weighted by molar-refractivity contribution is 5.84. The lowest BCUT2D eigenvalue weighted by Crippen LogP contribution is -2.57. The molecule has 0 aliphatic heterocycles. The molecule has 5 heteroatoms. The minimum Gasteiger partial charge on any atom is -0.479 e. The van der Waals surface area contributed by atoms with Crippen LogP contribution < -0.4 is 0 Å². The zero-order chi connectivity index (χ0) is 21.0. The summed E-state index contributed by atoms with van der Waals surface area (Å²) in [5, 5.41) is 10.3. The number of amides is 1. The summed E-state index contributed by atoms with van der Waals surface area (Å²) in [5.41, 5.74) is -0.261. The number of carboxylic acids is 1. The number of aliphatic carboxylic acids is 1. The Morgan fingerprint density at radius 2 is 1.45 bits per heavy atom. The maximum Gasteiger partial charge on any atom is 0.411 e. The van der Waals surface area contributed by atoms with E-state index in [0.29, 0.717) is 25.8 Å². The number of nitrogens with zero attached hydrogens (tertiary/aromatic N) is 1. The maximum absolute atomic E-state index is 13.0. The first kappa shape index (κ1) is 23.2. The Morgan fingerprint density at radius 3 is 1.93 bits per heavy atom. The molecule has 1 aliphatic carbocycles. The lowest BCUT2D eigenvalue weighted by Gasteiger charge is -2.40. The third-order valence-electron chi connectivity index (χ3n) is 5.97. The van der Waals surface area contributed by atoms with Gasteiger partial charge in [0.15, 0.2) is 0 Å². The summed E-state index contributed by atoms with van der Waals surface area (Å²) in [4.78, 5) is 27.1. The number of carbonyl (C=O) groups is 2. The number of carboxylic acid groups (broad SMARTS) is 1. The molecule has 1 N–H and O–H groups in total. The fourth-order valence-electron chi connectivity index (χ4n) is 4.30. The first-order valence-corrected chi connectivity index (χ1v) is 11.3. The SMILES string of the molecule is CCCN(C(=O)OCc1ccccc1)C1(C(=O)O)CCCCCCCCCCC1. The van der Waals surface area contributed by atoms with E-state index in [1.165, 1.54) is 24.2 Å². The van der Waals surface area contributed by atoms with Crippen molar-refractivity contribution in [2.75, 3.05) is 6.54 Å². The molecule has 162 valence electrons. The van der Waals surface area contributed by atoms with Gasteiger partial charge in [0.1, 0.15) is 12.1 Å². The molecule has 0 spiro atoms. The van der Waals surface area contributed by atoms with Gasteiger partial charge in [-0.2, -0.15) is 0 Å². The third-order valence-corrected chi connectivity index (χ3v) is 5.97. The molecular formula is C24H37NO4. The van der Waals surface area contributed by atoms with Gasteiger partial charge in [-0.15, -0.1) is 0 Å². The van der Waals surface area contributed by atoms with Crippen LogP contribution in [0.2, 0.25) is 0 Å². The molecule has 0 unspecified atom stereocenters. The molecule has 5 nitrogen and oxygen atoms in total. The molecule has 1 amide bonds. The Bertz CT molecular complexity index is 605. The van der Waals surface area contributed by atoms with Gasteiger partial charge in [-0.1, -0.05) is 95.0 Å². The summed E-state index contributed by atoms with van der Waals surface area (Å²) in [6, 6.07) is 9.52. The van der Waals surface area contributed by atoms with Gasteiger partial charge in [0, 0.05) is 6.54 Å². The van der Waals surface area contributed by atoms with Crippen molar-refractivity contribution in [1.29, 1.82) is 0 Å². The molecular weight excluding hydrogens is 366 g/mol. The van der Waals surface area contributed by atoms with E-state index >= 15 is 0 Å². The molecule has 0 atom stereocenters. The molecule has 1 aromatic carbocycles. The summed E-state index contributed by atoms with van der Waals surface area (Å²) in [7, 11) is 0. The largest absolute Gasteiger partial charge is 0.479 e. The highest BCUT2D eigenvalue weighted by Gasteiger charge is 2.46. The zero-order valence-electron chi connectivity index (χ0n) is 17.9. The van der Waals surface area contributed by atoms with Crippen LogP contribution in [0.25, 0.3) is 0 Å². The van der Waals surface area contributed by atoms with Crippen LogP contribution in [0.3, 0.4) is 0 Å². The van der Waals surface area contributed by atoms with Crippen molar-refractivity contribution in [3.05, 3.63) is 35.9 Å². The highest BCUT2D eigenvalue weighted by Crippen LogP contribution is 2.32. The van der Waals surface area contributed by atoms with Gasteiger partial charge in [0.05, 0.1) is 0 Å². The van der Waals surface area contributed by atoms with Crippen LogP contribution in [-0.4, -0.2) is 34.2 Å². The van der Waals surface area contributed by atoms with Crippen molar-refractivity contribution in [2.24, 2.45) is 0 Å². The lowest BCUT2D eigenvalue weighted by molar-refractivity contribution is -0.152. The summed E-state index contributed by atoms with van der Waals surface area (Å²) in [6.45, 7) is 2.54. The van der Waals surface area contributed by atoms with Crippen molar-refractivity contribution < 1.29 is 19.4 Å². The fraction of sp³-hybridized carbons (Fsp3) is 0.667. The number of hydrogen-bond acceptors (Lipinski definition) is 3. The third kappa shape index (κ3) is 7.06. The quantitative estimate of drug-likeness (QED) is 0.617. The molecule has 0 bridgehead atoms. The molecule has 29 heavy (non-hydrogen) atoms. The molecule has 2 rings (SSSR count). The first-order chi connectivity index (χ1) is 14.1. The van der Waals surface area contributed by atoms with Crippen LogP contribution in [0.4, 0.5) is 4.79 Å². The summed E-state index contributed by atoms with van der Waals surface area (Å²) in [6.07, 6.45) is 10.9. The Kier molecular flexibility index (Phi) is 10.0. The molecule has 0 aromatic heterocycles. The normalized spacial score (nSPS) is 18.1. The van der Waals surface area contributed by atoms with Crippen molar-refractivity contribution in [2.45, 2.75) is 96.1 Å². The standard InChI is InChI=1S/C24H37NO4/c1-2-19-25(23(28)29-20-21-15-11-10-12-16-21)24(22(26)27)17-13-8-6-4-3-5-7-9-14-18-24/h10-12,15-16H,2-9,13-14,17-20H2,1H3,(H,26,27).